The molecule has 6 heteroatoms. The Labute approximate surface area is 136 Å². The normalized spacial score (nSPS) is 10.2. The number of rotatable bonds is 4. The van der Waals surface area contributed by atoms with Gasteiger partial charge in [-0.15, -0.1) is 0 Å². The summed E-state index contributed by atoms with van der Waals surface area (Å²) in [5.74, 6) is 0.333. The van der Waals surface area contributed by atoms with Gasteiger partial charge in [-0.3, -0.25) is 4.79 Å². The average molecular weight is 370 g/mol. The number of hydrogen-bond donors (Lipinski definition) is 2. The summed E-state index contributed by atoms with van der Waals surface area (Å²) in [7, 11) is 0. The maximum Gasteiger partial charge on any atom is 0.255 e. The minimum absolute atomic E-state index is 0.255. The van der Waals surface area contributed by atoms with Gasteiger partial charge in [-0.05, 0) is 59.3 Å². The molecule has 0 aliphatic rings. The minimum atomic E-state index is -0.255. The summed E-state index contributed by atoms with van der Waals surface area (Å²) in [5, 5.41) is 3.21. The molecule has 0 bridgehead atoms. The van der Waals surface area contributed by atoms with E-state index in [0.29, 0.717) is 34.3 Å². The number of ether oxygens (including phenoxy) is 1. The van der Waals surface area contributed by atoms with Crippen molar-refractivity contribution in [2.45, 2.75) is 6.92 Å². The molecule has 0 atom stereocenters. The Morgan fingerprint density at radius 2 is 2.10 bits per heavy atom. The molecule has 110 valence electrons. The van der Waals surface area contributed by atoms with E-state index >= 15 is 0 Å². The first kappa shape index (κ1) is 15.7. The van der Waals surface area contributed by atoms with Crippen molar-refractivity contribution >= 4 is 44.8 Å². The summed E-state index contributed by atoms with van der Waals surface area (Å²) in [4.78, 5) is 12.1. The average Bonchev–Trinajstić information content (AvgIpc) is 2.45. The molecule has 0 aliphatic heterocycles. The van der Waals surface area contributed by atoms with Crippen molar-refractivity contribution in [1.29, 1.82) is 0 Å². The van der Waals surface area contributed by atoms with E-state index in [9.17, 15) is 4.79 Å². The van der Waals surface area contributed by atoms with Crippen LogP contribution in [0.5, 0.6) is 5.75 Å². The highest BCUT2D eigenvalue weighted by Gasteiger charge is 2.09. The maximum absolute atomic E-state index is 12.1. The number of benzene rings is 2. The van der Waals surface area contributed by atoms with E-state index < -0.39 is 0 Å². The van der Waals surface area contributed by atoms with Crippen LogP contribution in [0.25, 0.3) is 0 Å². The summed E-state index contributed by atoms with van der Waals surface area (Å²) < 4.78 is 6.10. The van der Waals surface area contributed by atoms with Gasteiger partial charge in [0.1, 0.15) is 5.75 Å². The van der Waals surface area contributed by atoms with E-state index in [0.717, 1.165) is 4.47 Å². The Hall–Kier alpha value is -1.72. The molecule has 0 saturated heterocycles. The van der Waals surface area contributed by atoms with Crippen LogP contribution in [0.1, 0.15) is 17.3 Å². The number of nitrogens with two attached hydrogens (primary N) is 1. The lowest BCUT2D eigenvalue weighted by Gasteiger charge is -2.09. The Bertz CT molecular complexity index is 677. The van der Waals surface area contributed by atoms with E-state index in [-0.39, 0.29) is 5.91 Å². The van der Waals surface area contributed by atoms with Gasteiger partial charge in [0.25, 0.3) is 5.91 Å². The molecular formula is C15H14BrClN2O2. The summed E-state index contributed by atoms with van der Waals surface area (Å²) >= 11 is 9.37. The second kappa shape index (κ2) is 6.83. The first-order valence-electron chi connectivity index (χ1n) is 6.30. The van der Waals surface area contributed by atoms with E-state index in [1.165, 1.54) is 0 Å². The van der Waals surface area contributed by atoms with E-state index in [1.807, 2.05) is 6.92 Å². The van der Waals surface area contributed by atoms with E-state index in [2.05, 4.69) is 21.2 Å². The second-order valence-electron chi connectivity index (χ2n) is 4.27. The predicted molar refractivity (Wildman–Crippen MR) is 89.1 cm³/mol. The topological polar surface area (TPSA) is 64.3 Å². The summed E-state index contributed by atoms with van der Waals surface area (Å²) in [5.41, 5.74) is 7.34. The fourth-order valence-electron chi connectivity index (χ4n) is 1.74. The zero-order chi connectivity index (χ0) is 15.4. The fraction of sp³-hybridized carbons (Fsp3) is 0.133. The van der Waals surface area contributed by atoms with Gasteiger partial charge in [0, 0.05) is 21.4 Å². The first-order chi connectivity index (χ1) is 10.0. The van der Waals surface area contributed by atoms with Crippen LogP contribution in [0, 0.1) is 0 Å². The van der Waals surface area contributed by atoms with Gasteiger partial charge in [-0.25, -0.2) is 0 Å². The molecule has 2 aromatic rings. The van der Waals surface area contributed by atoms with Crippen molar-refractivity contribution in [1.82, 2.24) is 0 Å². The van der Waals surface area contributed by atoms with E-state index in [4.69, 9.17) is 22.1 Å². The number of carbonyl (C=O) groups excluding carboxylic acids is 1. The van der Waals surface area contributed by atoms with Crippen LogP contribution in [0.2, 0.25) is 5.02 Å². The number of nitrogen functional groups attached to an aromatic ring is 1. The van der Waals surface area contributed by atoms with Gasteiger partial charge >= 0.3 is 0 Å². The van der Waals surface area contributed by atoms with Crippen molar-refractivity contribution in [2.75, 3.05) is 17.7 Å². The van der Waals surface area contributed by atoms with Gasteiger partial charge < -0.3 is 15.8 Å². The molecule has 3 N–H and O–H groups in total. The molecule has 0 saturated carbocycles. The Balaban J connectivity index is 2.15. The van der Waals surface area contributed by atoms with Gasteiger partial charge in [-0.2, -0.15) is 0 Å². The third-order valence-electron chi connectivity index (χ3n) is 2.75. The van der Waals surface area contributed by atoms with Crippen LogP contribution in [-0.2, 0) is 0 Å². The zero-order valence-corrected chi connectivity index (χ0v) is 13.7. The van der Waals surface area contributed by atoms with Crippen LogP contribution in [0.3, 0.4) is 0 Å². The highest BCUT2D eigenvalue weighted by atomic mass is 79.9. The SMILES string of the molecule is CCOc1ccc(NC(=O)c2ccc(Br)c(N)c2)cc1Cl. The van der Waals surface area contributed by atoms with Gasteiger partial charge in [-0.1, -0.05) is 11.6 Å². The lowest BCUT2D eigenvalue weighted by molar-refractivity contribution is 0.102. The smallest absolute Gasteiger partial charge is 0.255 e. The monoisotopic (exact) mass is 368 g/mol. The number of anilines is 2. The molecule has 2 rings (SSSR count). The van der Waals surface area contributed by atoms with Gasteiger partial charge in [0.2, 0.25) is 0 Å². The molecular weight excluding hydrogens is 356 g/mol. The van der Waals surface area contributed by atoms with E-state index in [1.54, 1.807) is 36.4 Å². The molecule has 2 aromatic carbocycles. The Kier molecular flexibility index (Phi) is 5.09. The minimum Gasteiger partial charge on any atom is -0.492 e. The van der Waals surface area contributed by atoms with Crippen LogP contribution in [-0.4, -0.2) is 12.5 Å². The van der Waals surface area contributed by atoms with Crippen molar-refractivity contribution in [3.63, 3.8) is 0 Å². The van der Waals surface area contributed by atoms with Gasteiger partial charge in [0.15, 0.2) is 0 Å². The molecule has 21 heavy (non-hydrogen) atoms. The molecule has 0 aliphatic carbocycles. The summed E-state index contributed by atoms with van der Waals surface area (Å²) in [6.45, 7) is 2.41. The highest BCUT2D eigenvalue weighted by Crippen LogP contribution is 2.28. The molecule has 0 aromatic heterocycles. The lowest BCUT2D eigenvalue weighted by atomic mass is 10.2. The molecule has 0 spiro atoms. The zero-order valence-electron chi connectivity index (χ0n) is 11.3. The van der Waals surface area contributed by atoms with Crippen molar-refractivity contribution < 1.29 is 9.53 Å². The number of hydrogen-bond acceptors (Lipinski definition) is 3. The number of halogens is 2. The highest BCUT2D eigenvalue weighted by molar-refractivity contribution is 9.10. The third kappa shape index (κ3) is 3.89. The molecule has 0 radical (unpaired) electrons. The molecule has 0 heterocycles. The Morgan fingerprint density at radius 3 is 2.71 bits per heavy atom. The van der Waals surface area contributed by atoms with Crippen molar-refractivity contribution in [3.05, 3.63) is 51.5 Å². The predicted octanol–water partition coefficient (Wildman–Crippen LogP) is 4.34. The summed E-state index contributed by atoms with van der Waals surface area (Å²) in [6, 6.07) is 10.1. The Morgan fingerprint density at radius 1 is 1.33 bits per heavy atom. The third-order valence-corrected chi connectivity index (χ3v) is 3.77. The molecule has 0 unspecified atom stereocenters. The largest absolute Gasteiger partial charge is 0.492 e. The second-order valence-corrected chi connectivity index (χ2v) is 5.53. The maximum atomic E-state index is 12.1. The first-order valence-corrected chi connectivity index (χ1v) is 7.47. The molecule has 4 nitrogen and oxygen atoms in total. The van der Waals surface area contributed by atoms with Crippen LogP contribution < -0.4 is 15.8 Å². The molecule has 0 fully saturated rings. The van der Waals surface area contributed by atoms with Crippen LogP contribution in [0.4, 0.5) is 11.4 Å². The summed E-state index contributed by atoms with van der Waals surface area (Å²) in [6.07, 6.45) is 0. The van der Waals surface area contributed by atoms with Crippen LogP contribution >= 0.6 is 27.5 Å². The van der Waals surface area contributed by atoms with Crippen LogP contribution in [0.15, 0.2) is 40.9 Å². The van der Waals surface area contributed by atoms with Crippen molar-refractivity contribution in [2.24, 2.45) is 0 Å². The van der Waals surface area contributed by atoms with Gasteiger partial charge in [0.05, 0.1) is 11.6 Å². The molecule has 1 amide bonds. The number of nitrogens with one attached hydrogen (secondary N) is 1. The van der Waals surface area contributed by atoms with Crippen molar-refractivity contribution in [3.8, 4) is 5.75 Å². The standard InChI is InChI=1S/C15H14BrClN2O2/c1-2-21-14-6-4-10(8-12(14)17)19-15(20)9-3-5-11(16)13(18)7-9/h3-8H,2,18H2,1H3,(H,19,20). The fourth-order valence-corrected chi connectivity index (χ4v) is 2.22. The lowest BCUT2D eigenvalue weighted by Crippen LogP contribution is -2.12. The number of carbonyl (C=O) groups is 1. The quantitative estimate of drug-likeness (QED) is 0.788. The number of amides is 1.